The molecule has 4 rings (SSSR count). The summed E-state index contributed by atoms with van der Waals surface area (Å²) < 4.78 is 13.5. The third-order valence-corrected chi connectivity index (χ3v) is 5.20. The van der Waals surface area contributed by atoms with Gasteiger partial charge >= 0.3 is 0 Å². The Kier molecular flexibility index (Phi) is 5.36. The first kappa shape index (κ1) is 18.6. The molecule has 8 heteroatoms. The minimum atomic E-state index is 0.213. The predicted molar refractivity (Wildman–Crippen MR) is 107 cm³/mol. The van der Waals surface area contributed by atoms with Gasteiger partial charge in [-0.05, 0) is 32.4 Å². The van der Waals surface area contributed by atoms with Crippen molar-refractivity contribution < 1.29 is 9.47 Å². The van der Waals surface area contributed by atoms with E-state index in [0.717, 1.165) is 61.2 Å². The molecule has 2 aromatic rings. The Morgan fingerprint density at radius 1 is 1.43 bits per heavy atom. The van der Waals surface area contributed by atoms with E-state index in [-0.39, 0.29) is 12.1 Å². The van der Waals surface area contributed by atoms with Crippen LogP contribution in [0, 0.1) is 0 Å². The van der Waals surface area contributed by atoms with Crippen molar-refractivity contribution in [2.75, 3.05) is 13.7 Å². The molecule has 2 aliphatic rings. The summed E-state index contributed by atoms with van der Waals surface area (Å²) in [7, 11) is 1.70. The summed E-state index contributed by atoms with van der Waals surface area (Å²) in [4.78, 5) is 9.08. The lowest BCUT2D eigenvalue weighted by atomic mass is 10.1. The quantitative estimate of drug-likeness (QED) is 0.603. The van der Waals surface area contributed by atoms with Crippen LogP contribution in [0.4, 0.5) is 0 Å². The number of benzene rings is 1. The Labute approximate surface area is 165 Å². The third kappa shape index (κ3) is 3.90. The molecule has 150 valence electrons. The van der Waals surface area contributed by atoms with E-state index in [1.165, 1.54) is 5.56 Å². The molecule has 0 amide bonds. The van der Waals surface area contributed by atoms with Gasteiger partial charge in [-0.15, -0.1) is 0 Å². The minimum absolute atomic E-state index is 0.213. The van der Waals surface area contributed by atoms with Gasteiger partial charge in [0.15, 0.2) is 5.96 Å². The molecule has 0 bridgehead atoms. The Morgan fingerprint density at radius 3 is 3.14 bits per heavy atom. The van der Waals surface area contributed by atoms with Gasteiger partial charge in [0.25, 0.3) is 0 Å². The summed E-state index contributed by atoms with van der Waals surface area (Å²) in [6.07, 6.45) is 4.69. The molecule has 8 nitrogen and oxygen atoms in total. The van der Waals surface area contributed by atoms with E-state index in [9.17, 15) is 0 Å². The highest BCUT2D eigenvalue weighted by atomic mass is 16.5. The van der Waals surface area contributed by atoms with Crippen molar-refractivity contribution in [2.24, 2.45) is 4.99 Å². The first-order valence-corrected chi connectivity index (χ1v) is 9.94. The number of aromatic nitrogens is 3. The minimum Gasteiger partial charge on any atom is -0.496 e. The number of aryl methyl sites for hydroxylation is 1. The zero-order valence-corrected chi connectivity index (χ0v) is 16.7. The maximum atomic E-state index is 5.90. The molecule has 2 N–H and O–H groups in total. The van der Waals surface area contributed by atoms with Crippen molar-refractivity contribution in [1.82, 2.24) is 25.4 Å². The molecule has 0 radical (unpaired) electrons. The number of hydrogen-bond donors (Lipinski definition) is 2. The van der Waals surface area contributed by atoms with Gasteiger partial charge in [0.2, 0.25) is 0 Å². The number of nitrogens with zero attached hydrogens (tertiary/aromatic N) is 4. The van der Waals surface area contributed by atoms with Gasteiger partial charge < -0.3 is 20.1 Å². The monoisotopic (exact) mass is 384 g/mol. The highest BCUT2D eigenvalue weighted by Gasteiger charge is 2.22. The van der Waals surface area contributed by atoms with Crippen LogP contribution in [0.2, 0.25) is 0 Å². The summed E-state index contributed by atoms with van der Waals surface area (Å²) >= 11 is 0. The van der Waals surface area contributed by atoms with Gasteiger partial charge in [-0.25, -0.2) is 14.7 Å². The van der Waals surface area contributed by atoms with Crippen molar-refractivity contribution in [1.29, 1.82) is 0 Å². The summed E-state index contributed by atoms with van der Waals surface area (Å²) in [6, 6.07) is 4.42. The normalized spacial score (nSPS) is 20.9. The van der Waals surface area contributed by atoms with Crippen molar-refractivity contribution in [3.8, 4) is 11.5 Å². The van der Waals surface area contributed by atoms with E-state index in [4.69, 9.17) is 14.5 Å². The molecule has 28 heavy (non-hydrogen) atoms. The smallest absolute Gasteiger partial charge is 0.191 e. The van der Waals surface area contributed by atoms with Crippen LogP contribution in [0.25, 0.3) is 0 Å². The largest absolute Gasteiger partial charge is 0.496 e. The van der Waals surface area contributed by atoms with Crippen LogP contribution in [0.1, 0.15) is 37.2 Å². The fourth-order valence-corrected chi connectivity index (χ4v) is 3.83. The Hall–Kier alpha value is -2.77. The number of fused-ring (bicyclic) bond motifs is 2. The van der Waals surface area contributed by atoms with Crippen LogP contribution in [0.15, 0.2) is 23.5 Å². The van der Waals surface area contributed by atoms with Crippen molar-refractivity contribution in [3.63, 3.8) is 0 Å². The molecule has 0 saturated carbocycles. The van der Waals surface area contributed by atoms with Crippen LogP contribution >= 0.6 is 0 Å². The lowest BCUT2D eigenvalue weighted by Crippen LogP contribution is -2.47. The fourth-order valence-electron chi connectivity index (χ4n) is 3.83. The van der Waals surface area contributed by atoms with Gasteiger partial charge in [-0.3, -0.25) is 0 Å². The second-order valence-electron chi connectivity index (χ2n) is 7.34. The second kappa shape index (κ2) is 8.08. The van der Waals surface area contributed by atoms with E-state index >= 15 is 0 Å². The Bertz CT molecular complexity index is 862. The molecule has 2 unspecified atom stereocenters. The van der Waals surface area contributed by atoms with E-state index in [2.05, 4.69) is 46.7 Å². The van der Waals surface area contributed by atoms with E-state index in [1.54, 1.807) is 13.4 Å². The molecule has 0 fully saturated rings. The molecular formula is C20H28N6O2. The highest BCUT2D eigenvalue weighted by Crippen LogP contribution is 2.35. The number of hydrogen-bond acceptors (Lipinski definition) is 5. The topological polar surface area (TPSA) is 85.6 Å². The lowest BCUT2D eigenvalue weighted by Gasteiger charge is -2.25. The zero-order chi connectivity index (χ0) is 19.5. The molecule has 2 atom stereocenters. The second-order valence-corrected chi connectivity index (χ2v) is 7.34. The summed E-state index contributed by atoms with van der Waals surface area (Å²) in [5.41, 5.74) is 2.22. The number of aliphatic imine (C=N–C) groups is 1. The number of ether oxygens (including phenoxy) is 2. The van der Waals surface area contributed by atoms with Crippen molar-refractivity contribution >= 4 is 5.96 Å². The molecule has 0 spiro atoms. The SMILES string of the molecule is CCNC(=NCc1cc2c(cc1OC)CC(C)O2)NC1CCc2ncnn2C1. The number of guanidine groups is 1. The van der Waals surface area contributed by atoms with Gasteiger partial charge in [0.1, 0.15) is 29.8 Å². The van der Waals surface area contributed by atoms with E-state index < -0.39 is 0 Å². The maximum Gasteiger partial charge on any atom is 0.191 e. The average molecular weight is 384 g/mol. The number of methoxy groups -OCH3 is 1. The Balaban J connectivity index is 1.47. The van der Waals surface area contributed by atoms with Crippen molar-refractivity contribution in [3.05, 3.63) is 35.4 Å². The van der Waals surface area contributed by atoms with Crippen LogP contribution in [-0.4, -0.2) is 46.5 Å². The van der Waals surface area contributed by atoms with Crippen LogP contribution in [-0.2, 0) is 25.9 Å². The van der Waals surface area contributed by atoms with Crippen LogP contribution in [0.3, 0.4) is 0 Å². The predicted octanol–water partition coefficient (Wildman–Crippen LogP) is 1.68. The number of nitrogens with one attached hydrogen (secondary N) is 2. The highest BCUT2D eigenvalue weighted by molar-refractivity contribution is 5.80. The molecular weight excluding hydrogens is 356 g/mol. The standard InChI is InChI=1S/C20H28N6O2/c1-4-21-20(25-16-5-6-19-23-12-24-26(19)11-16)22-10-15-9-18-14(7-13(2)28-18)8-17(15)27-3/h8-9,12-13,16H,4-7,10-11H2,1-3H3,(H2,21,22,25). The fraction of sp³-hybridized carbons (Fsp3) is 0.550. The molecule has 1 aromatic heterocycles. The van der Waals surface area contributed by atoms with Crippen molar-refractivity contribution in [2.45, 2.75) is 58.3 Å². The van der Waals surface area contributed by atoms with Crippen LogP contribution in [0.5, 0.6) is 11.5 Å². The number of rotatable bonds is 5. The molecule has 1 aromatic carbocycles. The molecule has 3 heterocycles. The summed E-state index contributed by atoms with van der Waals surface area (Å²) in [5.74, 6) is 3.66. The van der Waals surface area contributed by atoms with Gasteiger partial charge in [-0.2, -0.15) is 5.10 Å². The van der Waals surface area contributed by atoms with Gasteiger partial charge in [-0.1, -0.05) is 0 Å². The molecule has 0 aliphatic carbocycles. The van der Waals surface area contributed by atoms with Gasteiger partial charge in [0.05, 0.1) is 20.2 Å². The zero-order valence-electron chi connectivity index (χ0n) is 16.7. The first-order chi connectivity index (χ1) is 13.7. The third-order valence-electron chi connectivity index (χ3n) is 5.20. The maximum absolute atomic E-state index is 5.90. The van der Waals surface area contributed by atoms with E-state index in [1.807, 2.05) is 4.68 Å². The Morgan fingerprint density at radius 2 is 2.32 bits per heavy atom. The molecule has 0 saturated heterocycles. The lowest BCUT2D eigenvalue weighted by molar-refractivity contribution is 0.254. The van der Waals surface area contributed by atoms with Crippen LogP contribution < -0.4 is 20.1 Å². The average Bonchev–Trinajstić information content (AvgIpc) is 3.29. The summed E-state index contributed by atoms with van der Waals surface area (Å²) in [5, 5.41) is 11.2. The van der Waals surface area contributed by atoms with Gasteiger partial charge in [0, 0.05) is 36.6 Å². The molecule has 2 aliphatic heterocycles. The summed E-state index contributed by atoms with van der Waals surface area (Å²) in [6.45, 7) is 6.27. The van der Waals surface area contributed by atoms with E-state index in [0.29, 0.717) is 6.54 Å². The first-order valence-electron chi connectivity index (χ1n) is 9.94.